The quantitative estimate of drug-likeness (QED) is 0.240. The Labute approximate surface area is 252 Å². The van der Waals surface area contributed by atoms with Crippen molar-refractivity contribution in [1.29, 1.82) is 0 Å². The lowest BCUT2D eigenvalue weighted by Crippen LogP contribution is -2.56. The number of carbonyl (C=O) groups is 3. The molecule has 1 aliphatic carbocycles. The molecule has 4 heterocycles. The third kappa shape index (κ3) is 6.18. The van der Waals surface area contributed by atoms with Crippen LogP contribution in [0.15, 0.2) is 36.4 Å². The number of fused-ring (bicyclic) bond motifs is 7. The molecule has 2 aromatic rings. The van der Waals surface area contributed by atoms with Gasteiger partial charge in [0, 0.05) is 22.9 Å². The van der Waals surface area contributed by atoms with Crippen LogP contribution in [0.5, 0.6) is 5.88 Å². The van der Waals surface area contributed by atoms with Gasteiger partial charge in [0.05, 0.1) is 31.3 Å². The fourth-order valence-electron chi connectivity index (χ4n) is 6.65. The summed E-state index contributed by atoms with van der Waals surface area (Å²) < 4.78 is 23.6. The number of rotatable bonds is 2. The zero-order valence-electron chi connectivity index (χ0n) is 25.3. The molecule has 10 nitrogen and oxygen atoms in total. The number of epoxide rings is 1. The zero-order valence-corrected chi connectivity index (χ0v) is 25.3. The molecule has 4 aliphatic rings. The van der Waals surface area contributed by atoms with E-state index in [1.54, 1.807) is 4.90 Å². The number of allylic oxidation sites excluding steroid dienone is 1. The summed E-state index contributed by atoms with van der Waals surface area (Å²) in [7, 11) is 1.32. The first-order valence-electron chi connectivity index (χ1n) is 15.3. The number of nitrogens with one attached hydrogen (secondary N) is 1. The van der Waals surface area contributed by atoms with Crippen LogP contribution in [-0.4, -0.2) is 78.5 Å². The van der Waals surface area contributed by atoms with E-state index in [9.17, 15) is 14.4 Å². The summed E-state index contributed by atoms with van der Waals surface area (Å²) in [5.74, 6) is 0.0646. The van der Waals surface area contributed by atoms with Gasteiger partial charge < -0.3 is 23.8 Å². The average molecular weight is 592 g/mol. The number of methoxy groups -OCH3 is 1. The van der Waals surface area contributed by atoms with E-state index in [1.165, 1.54) is 7.11 Å². The number of aldehydes is 1. The Balaban J connectivity index is 1.36. The van der Waals surface area contributed by atoms with E-state index < -0.39 is 42.1 Å². The first kappa shape index (κ1) is 29.7. The lowest BCUT2D eigenvalue weighted by Gasteiger charge is -2.34. The minimum Gasteiger partial charge on any atom is -0.472 e. The number of esters is 1. The number of para-hydroxylation sites is 1. The highest BCUT2D eigenvalue weighted by atomic mass is 16.8. The van der Waals surface area contributed by atoms with Crippen molar-refractivity contribution in [2.24, 2.45) is 11.3 Å². The van der Waals surface area contributed by atoms with Crippen LogP contribution in [-0.2, 0) is 30.2 Å². The molecule has 0 spiro atoms. The predicted molar refractivity (Wildman–Crippen MR) is 158 cm³/mol. The van der Waals surface area contributed by atoms with Gasteiger partial charge in [-0.2, -0.15) is 0 Å². The minimum absolute atomic E-state index is 0.0397. The summed E-state index contributed by atoms with van der Waals surface area (Å²) in [5.41, 5.74) is 1.51. The highest BCUT2D eigenvalue weighted by Crippen LogP contribution is 2.36. The molecule has 0 saturated carbocycles. The summed E-state index contributed by atoms with van der Waals surface area (Å²) in [6.07, 6.45) is 8.40. The summed E-state index contributed by atoms with van der Waals surface area (Å²) in [6.45, 7) is 6.11. The van der Waals surface area contributed by atoms with Crippen molar-refractivity contribution >= 4 is 29.1 Å². The molecule has 7 atom stereocenters. The normalized spacial score (nSPS) is 31.3. The van der Waals surface area contributed by atoms with Gasteiger partial charge in [0.15, 0.2) is 18.8 Å². The Hall–Kier alpha value is -3.34. The lowest BCUT2D eigenvalue weighted by atomic mass is 9.85. The van der Waals surface area contributed by atoms with E-state index in [1.807, 2.05) is 45.0 Å². The van der Waals surface area contributed by atoms with Crippen LogP contribution < -0.4 is 10.1 Å². The highest BCUT2D eigenvalue weighted by Gasteiger charge is 2.50. The molecule has 1 aromatic heterocycles. The Kier molecular flexibility index (Phi) is 8.28. The SMILES string of the molecule is COC(=O)[C@@H]1C[C@@H]2CN1C(=O)[C@H](C(C)(C)C)NC1OC1O[C@@H]1C=CC(CCCCc3c(nc4ccccc4c3C=O)O2)C1. The maximum atomic E-state index is 14.2. The van der Waals surface area contributed by atoms with Crippen molar-refractivity contribution in [3.05, 3.63) is 47.5 Å². The van der Waals surface area contributed by atoms with E-state index in [0.717, 1.165) is 42.9 Å². The molecule has 0 radical (unpaired) electrons. The molecule has 2 fully saturated rings. The predicted octanol–water partition coefficient (Wildman–Crippen LogP) is 3.94. The van der Waals surface area contributed by atoms with Gasteiger partial charge in [0.25, 0.3) is 0 Å². The Morgan fingerprint density at radius 3 is 2.72 bits per heavy atom. The van der Waals surface area contributed by atoms with Crippen LogP contribution in [0, 0.1) is 11.3 Å². The highest BCUT2D eigenvalue weighted by molar-refractivity contribution is 5.98. The molecule has 10 heteroatoms. The zero-order chi connectivity index (χ0) is 30.3. The van der Waals surface area contributed by atoms with Crippen molar-refractivity contribution in [3.63, 3.8) is 0 Å². The summed E-state index contributed by atoms with van der Waals surface area (Å²) in [5, 5.41) is 4.14. The number of carbonyl (C=O) groups excluding carboxylic acids is 3. The van der Waals surface area contributed by atoms with Gasteiger partial charge in [-0.05, 0) is 43.1 Å². The van der Waals surface area contributed by atoms with Gasteiger partial charge in [-0.3, -0.25) is 14.9 Å². The van der Waals surface area contributed by atoms with Crippen LogP contribution in [0.3, 0.4) is 0 Å². The number of amides is 1. The van der Waals surface area contributed by atoms with Crippen LogP contribution in [0.1, 0.15) is 68.8 Å². The second kappa shape index (κ2) is 12.0. The van der Waals surface area contributed by atoms with E-state index in [2.05, 4.69) is 17.5 Å². The average Bonchev–Trinajstić information content (AvgIpc) is 3.33. The number of pyridine rings is 1. The standard InChI is InChI=1S/C33H41N3O7/c1-33(2,3)27-30(38)36-17-21(16-26(36)31(39)40-4)41-28-23(24(18-37)22-10-7-8-12-25(22)34-28)11-6-5-9-19-13-14-20(15-19)42-32-29(35-27)43-32/h7-8,10,12-14,18-21,26-27,29,32,35H,5-6,9,11,15-17H2,1-4H3/t19?,20-,21-,26+,27-,29?,32?/m1/s1. The van der Waals surface area contributed by atoms with Gasteiger partial charge in [-0.15, -0.1) is 0 Å². The number of ether oxygens (including phenoxy) is 4. The topological polar surface area (TPSA) is 120 Å². The molecular weight excluding hydrogens is 550 g/mol. The molecule has 1 aromatic carbocycles. The summed E-state index contributed by atoms with van der Waals surface area (Å²) in [4.78, 5) is 46.0. The second-order valence-corrected chi connectivity index (χ2v) is 13.1. The molecule has 3 unspecified atom stereocenters. The van der Waals surface area contributed by atoms with Crippen LogP contribution in [0.25, 0.3) is 10.9 Å². The Bertz CT molecular complexity index is 1420. The van der Waals surface area contributed by atoms with E-state index in [-0.39, 0.29) is 25.0 Å². The third-order valence-electron chi connectivity index (χ3n) is 9.00. The summed E-state index contributed by atoms with van der Waals surface area (Å²) in [6, 6.07) is 6.07. The Morgan fingerprint density at radius 1 is 1.14 bits per heavy atom. The number of aromatic nitrogens is 1. The van der Waals surface area contributed by atoms with Gasteiger partial charge >= 0.3 is 5.97 Å². The van der Waals surface area contributed by atoms with Gasteiger partial charge in [0.2, 0.25) is 11.8 Å². The smallest absolute Gasteiger partial charge is 0.328 e. The molecule has 1 N–H and O–H groups in total. The first-order valence-corrected chi connectivity index (χ1v) is 15.3. The van der Waals surface area contributed by atoms with E-state index >= 15 is 0 Å². The fourth-order valence-corrected chi connectivity index (χ4v) is 6.65. The molecule has 3 aliphatic heterocycles. The van der Waals surface area contributed by atoms with E-state index in [0.29, 0.717) is 29.3 Å². The summed E-state index contributed by atoms with van der Waals surface area (Å²) >= 11 is 0. The number of hydrogen-bond donors (Lipinski definition) is 1. The number of nitrogens with zero attached hydrogens (tertiary/aromatic N) is 2. The first-order chi connectivity index (χ1) is 20.7. The maximum absolute atomic E-state index is 14.2. The van der Waals surface area contributed by atoms with Gasteiger partial charge in [-0.25, -0.2) is 9.78 Å². The lowest BCUT2D eigenvalue weighted by molar-refractivity contribution is -0.152. The van der Waals surface area contributed by atoms with Gasteiger partial charge in [0.1, 0.15) is 12.1 Å². The molecule has 4 bridgehead atoms. The molecule has 43 heavy (non-hydrogen) atoms. The fraction of sp³-hybridized carbons (Fsp3) is 0.576. The van der Waals surface area contributed by atoms with Crippen LogP contribution in [0.2, 0.25) is 0 Å². The molecule has 2 saturated heterocycles. The largest absolute Gasteiger partial charge is 0.472 e. The van der Waals surface area contributed by atoms with E-state index in [4.69, 9.17) is 23.9 Å². The molecule has 1 amide bonds. The van der Waals surface area contributed by atoms with Crippen molar-refractivity contribution < 1.29 is 33.3 Å². The van der Waals surface area contributed by atoms with Crippen LogP contribution >= 0.6 is 0 Å². The molecule has 230 valence electrons. The van der Waals surface area contributed by atoms with Gasteiger partial charge in [-0.1, -0.05) is 57.5 Å². The maximum Gasteiger partial charge on any atom is 0.328 e. The van der Waals surface area contributed by atoms with Crippen molar-refractivity contribution in [2.75, 3.05) is 13.7 Å². The van der Waals surface area contributed by atoms with Crippen molar-refractivity contribution in [3.8, 4) is 5.88 Å². The Morgan fingerprint density at radius 2 is 1.95 bits per heavy atom. The third-order valence-corrected chi connectivity index (χ3v) is 9.00. The minimum atomic E-state index is -0.818. The molecule has 6 rings (SSSR count). The number of hydrogen-bond acceptors (Lipinski definition) is 9. The second-order valence-electron chi connectivity index (χ2n) is 13.1. The van der Waals surface area contributed by atoms with Crippen molar-refractivity contribution in [1.82, 2.24) is 15.2 Å². The van der Waals surface area contributed by atoms with Crippen molar-refractivity contribution in [2.45, 2.75) is 96.1 Å². The number of benzene rings is 1. The molecular formula is C33H41N3O7. The monoisotopic (exact) mass is 591 g/mol. The van der Waals surface area contributed by atoms with Crippen LogP contribution in [0.4, 0.5) is 0 Å².